The van der Waals surface area contributed by atoms with Gasteiger partial charge in [-0.1, -0.05) is 11.6 Å². The predicted molar refractivity (Wildman–Crippen MR) is 50.2 cm³/mol. The summed E-state index contributed by atoms with van der Waals surface area (Å²) in [5.41, 5.74) is -0.291. The lowest BCUT2D eigenvalue weighted by atomic mass is 10.4. The minimum atomic E-state index is -0.646. The van der Waals surface area contributed by atoms with Gasteiger partial charge in [-0.3, -0.25) is 14.9 Å². The van der Waals surface area contributed by atoms with Crippen LogP contribution < -0.4 is 5.32 Å². The Morgan fingerprint density at radius 3 is 2.79 bits per heavy atom. The first-order valence-corrected chi connectivity index (χ1v) is 3.96. The van der Waals surface area contributed by atoms with Crippen molar-refractivity contribution in [3.63, 3.8) is 0 Å². The molecule has 1 N–H and O–H groups in total. The molecule has 0 atom stereocenters. The summed E-state index contributed by atoms with van der Waals surface area (Å²) in [7, 11) is 0. The number of nitro groups is 1. The fourth-order valence-corrected chi connectivity index (χ4v) is 1.03. The van der Waals surface area contributed by atoms with E-state index in [0.29, 0.717) is 0 Å². The lowest BCUT2D eigenvalue weighted by molar-refractivity contribution is -0.385. The number of rotatable bonds is 2. The van der Waals surface area contributed by atoms with Crippen LogP contribution in [0.3, 0.4) is 0 Å². The summed E-state index contributed by atoms with van der Waals surface area (Å²) in [5, 5.41) is 12.6. The van der Waals surface area contributed by atoms with Gasteiger partial charge < -0.3 is 5.32 Å². The smallest absolute Gasteiger partial charge is 0.306 e. The van der Waals surface area contributed by atoms with Crippen LogP contribution in [-0.4, -0.2) is 15.8 Å². The molecule has 14 heavy (non-hydrogen) atoms. The number of hydrogen-bond acceptors (Lipinski definition) is 4. The van der Waals surface area contributed by atoms with Gasteiger partial charge in [-0.15, -0.1) is 0 Å². The molecule has 0 radical (unpaired) electrons. The zero-order valence-electron chi connectivity index (χ0n) is 7.15. The minimum Gasteiger partial charge on any atom is -0.311 e. The summed E-state index contributed by atoms with van der Waals surface area (Å²) in [4.78, 5) is 24.0. The van der Waals surface area contributed by atoms with Crippen molar-refractivity contribution in [3.8, 4) is 0 Å². The van der Waals surface area contributed by atoms with Gasteiger partial charge in [-0.2, -0.15) is 0 Å². The zero-order chi connectivity index (χ0) is 10.7. The van der Waals surface area contributed by atoms with E-state index in [1.807, 2.05) is 0 Å². The number of anilines is 1. The quantitative estimate of drug-likeness (QED) is 0.600. The second-order valence-electron chi connectivity index (χ2n) is 2.46. The Morgan fingerprint density at radius 2 is 2.36 bits per heavy atom. The molecule has 0 saturated carbocycles. The number of amides is 1. The number of aromatic nitrogens is 1. The molecule has 0 bridgehead atoms. The van der Waals surface area contributed by atoms with Gasteiger partial charge in [0.2, 0.25) is 5.91 Å². The molecule has 0 aliphatic carbocycles. The molecular weight excluding hydrogens is 210 g/mol. The van der Waals surface area contributed by atoms with Crippen molar-refractivity contribution in [3.05, 3.63) is 27.4 Å². The maximum Gasteiger partial charge on any atom is 0.306 e. The molecular formula is C7H6ClN3O3. The zero-order valence-corrected chi connectivity index (χ0v) is 7.91. The third kappa shape index (κ3) is 2.40. The molecule has 7 heteroatoms. The number of halogens is 1. The van der Waals surface area contributed by atoms with E-state index in [2.05, 4.69) is 10.3 Å². The van der Waals surface area contributed by atoms with E-state index in [4.69, 9.17) is 11.6 Å². The molecule has 0 saturated heterocycles. The predicted octanol–water partition coefficient (Wildman–Crippen LogP) is 1.60. The second kappa shape index (κ2) is 4.01. The Bertz CT molecular complexity index is 394. The van der Waals surface area contributed by atoms with Gasteiger partial charge in [0.1, 0.15) is 17.0 Å². The van der Waals surface area contributed by atoms with Gasteiger partial charge in [0.15, 0.2) is 0 Å². The molecule has 0 fully saturated rings. The summed E-state index contributed by atoms with van der Waals surface area (Å²) in [6.45, 7) is 1.30. The van der Waals surface area contributed by atoms with Gasteiger partial charge in [0.25, 0.3) is 0 Å². The Morgan fingerprint density at radius 1 is 1.71 bits per heavy atom. The minimum absolute atomic E-state index is 0.0613. The summed E-state index contributed by atoms with van der Waals surface area (Å²) in [6, 6.07) is 1.22. The van der Waals surface area contributed by atoms with Crippen LogP contribution in [0.5, 0.6) is 0 Å². The fourth-order valence-electron chi connectivity index (χ4n) is 0.807. The van der Waals surface area contributed by atoms with Crippen LogP contribution >= 0.6 is 11.6 Å². The van der Waals surface area contributed by atoms with E-state index in [0.717, 1.165) is 6.20 Å². The molecule has 0 aliphatic rings. The van der Waals surface area contributed by atoms with Crippen LogP contribution in [0.15, 0.2) is 12.3 Å². The van der Waals surface area contributed by atoms with Gasteiger partial charge in [0, 0.05) is 13.0 Å². The average Bonchev–Trinajstić information content (AvgIpc) is 2.01. The van der Waals surface area contributed by atoms with Crippen LogP contribution in [0.1, 0.15) is 6.92 Å². The first-order chi connectivity index (χ1) is 6.50. The first kappa shape index (κ1) is 10.4. The molecule has 1 amide bonds. The second-order valence-corrected chi connectivity index (χ2v) is 2.87. The van der Waals surface area contributed by atoms with Crippen LogP contribution in [0.25, 0.3) is 0 Å². The summed E-state index contributed by atoms with van der Waals surface area (Å²) < 4.78 is 0. The number of nitrogens with one attached hydrogen (secondary N) is 1. The van der Waals surface area contributed by atoms with Gasteiger partial charge >= 0.3 is 5.69 Å². The largest absolute Gasteiger partial charge is 0.311 e. The van der Waals surface area contributed by atoms with E-state index in [-0.39, 0.29) is 22.4 Å². The maximum absolute atomic E-state index is 10.6. The van der Waals surface area contributed by atoms with Gasteiger partial charge in [-0.25, -0.2) is 4.98 Å². The van der Waals surface area contributed by atoms with Crippen molar-refractivity contribution < 1.29 is 9.72 Å². The van der Waals surface area contributed by atoms with E-state index in [9.17, 15) is 14.9 Å². The summed E-state index contributed by atoms with van der Waals surface area (Å²) in [6.07, 6.45) is 0.994. The van der Waals surface area contributed by atoms with Gasteiger partial charge in [0.05, 0.1) is 4.92 Å². The molecule has 0 unspecified atom stereocenters. The van der Waals surface area contributed by atoms with Crippen molar-refractivity contribution in [2.24, 2.45) is 0 Å². The molecule has 1 heterocycles. The van der Waals surface area contributed by atoms with Crippen molar-refractivity contribution in [1.82, 2.24) is 4.98 Å². The maximum atomic E-state index is 10.6. The Balaban J connectivity index is 3.00. The lowest BCUT2D eigenvalue weighted by Gasteiger charge is -2.00. The van der Waals surface area contributed by atoms with E-state index in [1.165, 1.54) is 13.0 Å². The first-order valence-electron chi connectivity index (χ1n) is 3.58. The third-order valence-electron chi connectivity index (χ3n) is 1.33. The summed E-state index contributed by atoms with van der Waals surface area (Å²) in [5.74, 6) is -0.129. The third-order valence-corrected chi connectivity index (χ3v) is 1.64. The van der Waals surface area contributed by atoms with Crippen LogP contribution in [0, 0.1) is 10.1 Å². The van der Waals surface area contributed by atoms with E-state index in [1.54, 1.807) is 0 Å². The lowest BCUT2D eigenvalue weighted by Crippen LogP contribution is -2.07. The standard InChI is InChI=1S/C7H6ClN3O3/c1-4(12)10-7-2-5(8)6(3-9-7)11(13)14/h2-3H,1H3,(H,9,10,12). The monoisotopic (exact) mass is 215 g/mol. The molecule has 0 aromatic carbocycles. The molecule has 1 rings (SSSR count). The van der Waals surface area contributed by atoms with Crippen molar-refractivity contribution in [2.45, 2.75) is 6.92 Å². The molecule has 0 aliphatic heterocycles. The SMILES string of the molecule is CC(=O)Nc1cc(Cl)c([N+](=O)[O-])cn1. The van der Waals surface area contributed by atoms with E-state index >= 15 is 0 Å². The highest BCUT2D eigenvalue weighted by Gasteiger charge is 2.13. The normalized spacial score (nSPS) is 9.57. The highest BCUT2D eigenvalue weighted by molar-refractivity contribution is 6.32. The summed E-state index contributed by atoms with van der Waals surface area (Å²) >= 11 is 5.57. The van der Waals surface area contributed by atoms with Crippen molar-refractivity contribution in [1.29, 1.82) is 0 Å². The van der Waals surface area contributed by atoms with Gasteiger partial charge in [-0.05, 0) is 0 Å². The average molecular weight is 216 g/mol. The molecule has 1 aromatic rings. The Labute approximate surface area is 84.0 Å². The van der Waals surface area contributed by atoms with Crippen LogP contribution in [0.2, 0.25) is 5.02 Å². The number of carbonyl (C=O) groups excluding carboxylic acids is 1. The number of pyridine rings is 1. The Hall–Kier alpha value is -1.69. The number of carbonyl (C=O) groups is 1. The van der Waals surface area contributed by atoms with Crippen molar-refractivity contribution >= 4 is 29.0 Å². The topological polar surface area (TPSA) is 85.1 Å². The highest BCUT2D eigenvalue weighted by Crippen LogP contribution is 2.24. The molecule has 0 spiro atoms. The number of nitrogens with zero attached hydrogens (tertiary/aromatic N) is 2. The molecule has 6 nitrogen and oxygen atoms in total. The van der Waals surface area contributed by atoms with Crippen molar-refractivity contribution in [2.75, 3.05) is 5.32 Å². The number of hydrogen-bond donors (Lipinski definition) is 1. The molecule has 1 aromatic heterocycles. The van der Waals surface area contributed by atoms with E-state index < -0.39 is 4.92 Å². The van der Waals surface area contributed by atoms with Crippen LogP contribution in [-0.2, 0) is 4.79 Å². The molecule has 74 valence electrons. The Kier molecular flexibility index (Phi) is 2.98. The van der Waals surface area contributed by atoms with Crippen LogP contribution in [0.4, 0.5) is 11.5 Å². The highest BCUT2D eigenvalue weighted by atomic mass is 35.5. The fraction of sp³-hybridized carbons (Fsp3) is 0.143.